The van der Waals surface area contributed by atoms with Crippen LogP contribution >= 0.6 is 7.82 Å². The molecule has 0 aliphatic rings. The second-order valence-electron chi connectivity index (χ2n) is 4.46. The summed E-state index contributed by atoms with van der Waals surface area (Å²) in [4.78, 5) is 0. The fourth-order valence-electron chi connectivity index (χ4n) is 1.28. The molecule has 0 radical (unpaired) electrons. The summed E-state index contributed by atoms with van der Waals surface area (Å²) in [6.45, 7) is 9.82. The predicted molar refractivity (Wildman–Crippen MR) is 59.1 cm³/mol. The van der Waals surface area contributed by atoms with Crippen molar-refractivity contribution < 1.29 is 18.2 Å². The summed E-state index contributed by atoms with van der Waals surface area (Å²) < 4.78 is 25.9. The van der Waals surface area contributed by atoms with E-state index in [1.807, 2.05) is 20.8 Å². The molecule has 0 rings (SSSR count). The van der Waals surface area contributed by atoms with Gasteiger partial charge >= 0.3 is 7.82 Å². The lowest BCUT2D eigenvalue weighted by atomic mass is 9.84. The first-order valence-electron chi connectivity index (χ1n) is 4.93. The van der Waals surface area contributed by atoms with Crippen LogP contribution < -0.4 is 5.90 Å². The molecule has 0 aliphatic heterocycles. The average Bonchev–Trinajstić information content (AvgIpc) is 2.15. The molecule has 0 spiro atoms. The molecule has 0 aromatic rings. The van der Waals surface area contributed by atoms with Crippen molar-refractivity contribution in [3.05, 3.63) is 0 Å². The summed E-state index contributed by atoms with van der Waals surface area (Å²) in [6.07, 6.45) is 0. The molecule has 1 unspecified atom stereocenters. The first-order chi connectivity index (χ1) is 6.68. The fraction of sp³-hybridized carbons (Fsp3) is 1.00. The third-order valence-corrected chi connectivity index (χ3v) is 4.20. The first-order valence-corrected chi connectivity index (χ1v) is 6.39. The summed E-state index contributed by atoms with van der Waals surface area (Å²) >= 11 is 0. The van der Waals surface area contributed by atoms with Crippen molar-refractivity contribution in [1.29, 1.82) is 0 Å². The Morgan fingerprint density at radius 1 is 1.27 bits per heavy atom. The monoisotopic (exact) mass is 239 g/mol. The van der Waals surface area contributed by atoms with Crippen molar-refractivity contribution in [1.82, 2.24) is 0 Å². The molecule has 2 atom stereocenters. The van der Waals surface area contributed by atoms with Gasteiger partial charge in [0.25, 0.3) is 0 Å². The molecule has 92 valence electrons. The van der Waals surface area contributed by atoms with Gasteiger partial charge in [0.05, 0.1) is 5.60 Å². The van der Waals surface area contributed by atoms with Gasteiger partial charge in [-0.3, -0.25) is 9.05 Å². The van der Waals surface area contributed by atoms with Gasteiger partial charge in [0.2, 0.25) is 0 Å². The summed E-state index contributed by atoms with van der Waals surface area (Å²) in [6, 6.07) is 0. The highest BCUT2D eigenvalue weighted by Crippen LogP contribution is 2.52. The Kier molecular flexibility index (Phi) is 5.44. The molecule has 0 bridgehead atoms. The fourth-order valence-corrected chi connectivity index (χ4v) is 2.22. The highest BCUT2D eigenvalue weighted by atomic mass is 31.2. The van der Waals surface area contributed by atoms with Gasteiger partial charge in [-0.2, -0.15) is 0 Å². The van der Waals surface area contributed by atoms with Crippen molar-refractivity contribution in [3.63, 3.8) is 0 Å². The molecule has 6 heteroatoms. The number of rotatable bonds is 6. The predicted octanol–water partition coefficient (Wildman–Crippen LogP) is 2.72. The van der Waals surface area contributed by atoms with E-state index in [9.17, 15) is 4.57 Å². The van der Waals surface area contributed by atoms with Crippen LogP contribution in [0.25, 0.3) is 0 Å². The van der Waals surface area contributed by atoms with E-state index in [2.05, 4.69) is 23.0 Å². The Morgan fingerprint density at radius 3 is 2.00 bits per heavy atom. The molecule has 0 aliphatic carbocycles. The van der Waals surface area contributed by atoms with Gasteiger partial charge in [0.1, 0.15) is 0 Å². The van der Waals surface area contributed by atoms with Crippen LogP contribution in [0.5, 0.6) is 0 Å². The third-order valence-electron chi connectivity index (χ3n) is 2.80. The standard InChI is InChI=1S/C9H22NO4P/c1-7(2)8(3)9(4,5)13-15(11,12-6)14-10/h7-8H,10H2,1-6H3/t8-,15?/m0/s1. The Hall–Kier alpha value is 0.0700. The van der Waals surface area contributed by atoms with Gasteiger partial charge in [0.15, 0.2) is 0 Å². The van der Waals surface area contributed by atoms with Crippen molar-refractivity contribution in [3.8, 4) is 0 Å². The van der Waals surface area contributed by atoms with Crippen LogP contribution in [0.15, 0.2) is 0 Å². The normalized spacial score (nSPS) is 18.9. The van der Waals surface area contributed by atoms with Crippen molar-refractivity contribution in [2.24, 2.45) is 17.7 Å². The Bertz CT molecular complexity index is 234. The zero-order valence-corrected chi connectivity index (χ0v) is 11.2. The molecule has 0 aromatic carbocycles. The van der Waals surface area contributed by atoms with E-state index in [-0.39, 0.29) is 5.92 Å². The van der Waals surface area contributed by atoms with Gasteiger partial charge in [-0.1, -0.05) is 20.8 Å². The van der Waals surface area contributed by atoms with E-state index in [0.717, 1.165) is 0 Å². The lowest BCUT2D eigenvalue weighted by Gasteiger charge is -2.35. The van der Waals surface area contributed by atoms with Crippen molar-refractivity contribution in [2.75, 3.05) is 7.11 Å². The van der Waals surface area contributed by atoms with Crippen LogP contribution in [-0.2, 0) is 18.2 Å². The van der Waals surface area contributed by atoms with Crippen molar-refractivity contribution in [2.45, 2.75) is 40.2 Å². The Labute approximate surface area is 91.8 Å². The van der Waals surface area contributed by atoms with E-state index in [0.29, 0.717) is 5.92 Å². The van der Waals surface area contributed by atoms with Gasteiger partial charge in [-0.25, -0.2) is 15.1 Å². The van der Waals surface area contributed by atoms with E-state index in [1.54, 1.807) is 0 Å². The number of phosphoric acid groups is 1. The van der Waals surface area contributed by atoms with E-state index in [1.165, 1.54) is 7.11 Å². The maximum absolute atomic E-state index is 11.7. The Morgan fingerprint density at radius 2 is 1.73 bits per heavy atom. The molecule has 0 saturated carbocycles. The van der Waals surface area contributed by atoms with Crippen LogP contribution in [0, 0.1) is 11.8 Å². The summed E-state index contributed by atoms with van der Waals surface area (Å²) in [5, 5.41) is 0. The molecule has 2 N–H and O–H groups in total. The van der Waals surface area contributed by atoms with Gasteiger partial charge < -0.3 is 0 Å². The molecule has 0 fully saturated rings. The zero-order valence-electron chi connectivity index (χ0n) is 10.3. The minimum Gasteiger partial charge on any atom is -0.289 e. The highest BCUT2D eigenvalue weighted by Gasteiger charge is 2.38. The first kappa shape index (κ1) is 15.1. The average molecular weight is 239 g/mol. The maximum Gasteiger partial charge on any atom is 0.491 e. The molecule has 15 heavy (non-hydrogen) atoms. The number of phosphoric ester groups is 1. The maximum atomic E-state index is 11.7. The van der Waals surface area contributed by atoms with Crippen LogP contribution in [-0.4, -0.2) is 12.7 Å². The highest BCUT2D eigenvalue weighted by molar-refractivity contribution is 7.48. The molecule has 0 saturated heterocycles. The van der Waals surface area contributed by atoms with E-state index < -0.39 is 13.4 Å². The number of hydrogen-bond donors (Lipinski definition) is 1. The second kappa shape index (κ2) is 5.41. The van der Waals surface area contributed by atoms with Gasteiger partial charge in [0, 0.05) is 7.11 Å². The molecular formula is C9H22NO4P. The minimum absolute atomic E-state index is 0.191. The smallest absolute Gasteiger partial charge is 0.289 e. The molecule has 0 aromatic heterocycles. The molecule has 0 heterocycles. The topological polar surface area (TPSA) is 70.8 Å². The van der Waals surface area contributed by atoms with E-state index >= 15 is 0 Å². The molecule has 5 nitrogen and oxygen atoms in total. The Balaban J connectivity index is 4.69. The van der Waals surface area contributed by atoms with Crippen LogP contribution in [0.4, 0.5) is 0 Å². The number of nitrogens with two attached hydrogens (primary N) is 1. The SMILES string of the molecule is COP(=O)(ON)OC(C)(C)[C@@H](C)C(C)C. The van der Waals surface area contributed by atoms with Crippen molar-refractivity contribution >= 4 is 7.82 Å². The summed E-state index contributed by atoms with van der Waals surface area (Å²) in [7, 11) is -2.38. The lowest BCUT2D eigenvalue weighted by molar-refractivity contribution is -0.0102. The zero-order chi connectivity index (χ0) is 12.3. The summed E-state index contributed by atoms with van der Waals surface area (Å²) in [5.74, 6) is 5.47. The lowest BCUT2D eigenvalue weighted by Crippen LogP contribution is -2.35. The summed E-state index contributed by atoms with van der Waals surface area (Å²) in [5.41, 5.74) is -0.626. The van der Waals surface area contributed by atoms with Crippen LogP contribution in [0.3, 0.4) is 0 Å². The largest absolute Gasteiger partial charge is 0.491 e. The molecular weight excluding hydrogens is 217 g/mol. The second-order valence-corrected chi connectivity index (χ2v) is 6.12. The van der Waals surface area contributed by atoms with Crippen LogP contribution in [0.1, 0.15) is 34.6 Å². The third kappa shape index (κ3) is 4.21. The minimum atomic E-state index is -3.62. The molecule has 0 amide bonds. The number of hydrogen-bond acceptors (Lipinski definition) is 5. The van der Waals surface area contributed by atoms with Crippen LogP contribution in [0.2, 0.25) is 0 Å². The quantitative estimate of drug-likeness (QED) is 0.570. The van der Waals surface area contributed by atoms with Gasteiger partial charge in [-0.15, -0.1) is 0 Å². The van der Waals surface area contributed by atoms with E-state index in [4.69, 9.17) is 10.4 Å². The van der Waals surface area contributed by atoms with Gasteiger partial charge in [-0.05, 0) is 25.7 Å².